The highest BCUT2D eigenvalue weighted by Crippen LogP contribution is 2.33. The third-order valence-corrected chi connectivity index (χ3v) is 7.31. The minimum Gasteiger partial charge on any atom is -0.369 e. The van der Waals surface area contributed by atoms with Crippen LogP contribution in [0.1, 0.15) is 30.6 Å². The van der Waals surface area contributed by atoms with Crippen LogP contribution in [0.5, 0.6) is 0 Å². The summed E-state index contributed by atoms with van der Waals surface area (Å²) in [5, 5.41) is 15.8. The minimum atomic E-state index is -4.06. The maximum absolute atomic E-state index is 12.7. The minimum absolute atomic E-state index is 0.0396. The number of amides is 1. The van der Waals surface area contributed by atoms with Gasteiger partial charge in [-0.05, 0) is 54.8 Å². The molecule has 0 unspecified atom stereocenters. The quantitative estimate of drug-likeness (QED) is 0.215. The number of sulfonamides is 1. The van der Waals surface area contributed by atoms with Crippen molar-refractivity contribution in [3.05, 3.63) is 88.5 Å². The number of aromatic nitrogens is 2. The first-order chi connectivity index (χ1) is 18.5. The number of benzene rings is 3. The van der Waals surface area contributed by atoms with Gasteiger partial charge in [0.15, 0.2) is 0 Å². The van der Waals surface area contributed by atoms with Gasteiger partial charge in [0.2, 0.25) is 5.82 Å². The third-order valence-electron chi connectivity index (χ3n) is 5.96. The number of hydrogen-bond donors (Lipinski definition) is 1. The van der Waals surface area contributed by atoms with E-state index < -0.39 is 20.9 Å². The first kappa shape index (κ1) is 27.5. The third kappa shape index (κ3) is 6.47. The maximum Gasteiger partial charge on any atom is 0.293 e. The highest BCUT2D eigenvalue weighted by atomic mass is 32.2. The number of nitro benzene ring substituents is 1. The van der Waals surface area contributed by atoms with Crippen molar-refractivity contribution in [1.82, 2.24) is 14.9 Å². The van der Waals surface area contributed by atoms with Crippen LogP contribution < -0.4 is 9.62 Å². The second kappa shape index (κ2) is 11.4. The Morgan fingerprint density at radius 1 is 1.05 bits per heavy atom. The van der Waals surface area contributed by atoms with Gasteiger partial charge >= 0.3 is 0 Å². The monoisotopic (exact) mass is 549 g/mol. The Morgan fingerprint density at radius 3 is 2.49 bits per heavy atom. The van der Waals surface area contributed by atoms with E-state index in [1.165, 1.54) is 30.3 Å². The van der Waals surface area contributed by atoms with Crippen molar-refractivity contribution in [2.24, 2.45) is 5.92 Å². The predicted molar refractivity (Wildman–Crippen MR) is 146 cm³/mol. The summed E-state index contributed by atoms with van der Waals surface area (Å²) in [4.78, 5) is 30.2. The van der Waals surface area contributed by atoms with Crippen molar-refractivity contribution in [1.29, 1.82) is 0 Å². The molecule has 0 saturated heterocycles. The molecule has 3 aromatic carbocycles. The van der Waals surface area contributed by atoms with Crippen molar-refractivity contribution in [2.75, 3.05) is 18.5 Å². The molecule has 1 amide bonds. The highest BCUT2D eigenvalue weighted by molar-refractivity contribution is 7.90. The summed E-state index contributed by atoms with van der Waals surface area (Å²) in [6.45, 7) is 4.85. The van der Waals surface area contributed by atoms with Crippen molar-refractivity contribution in [2.45, 2.75) is 25.2 Å². The Bertz CT molecular complexity index is 1600. The van der Waals surface area contributed by atoms with E-state index >= 15 is 0 Å². The first-order valence-electron chi connectivity index (χ1n) is 12.1. The van der Waals surface area contributed by atoms with Gasteiger partial charge in [0.05, 0.1) is 9.82 Å². The van der Waals surface area contributed by atoms with Gasteiger partial charge in [-0.2, -0.15) is 4.98 Å². The smallest absolute Gasteiger partial charge is 0.293 e. The van der Waals surface area contributed by atoms with Crippen LogP contribution in [0, 0.1) is 16.0 Å². The molecule has 0 fully saturated rings. The molecular weight excluding hydrogens is 522 g/mol. The average Bonchev–Trinajstić information content (AvgIpc) is 3.42. The van der Waals surface area contributed by atoms with Gasteiger partial charge in [-0.1, -0.05) is 43.3 Å². The van der Waals surface area contributed by atoms with Gasteiger partial charge in [0.1, 0.15) is 5.69 Å². The number of carbonyl (C=O) groups excluding carboxylic acids is 1. The van der Waals surface area contributed by atoms with E-state index in [2.05, 4.69) is 24.0 Å². The standard InChI is InChI=1S/C27H27N5O6S/c1-18(2)14-15-31(3)23-13-12-19(17-24(23)32(34)35)25-28-27(38-29-25)21-9-7-8-20(16-21)26(33)30-39(36,37)22-10-5-4-6-11-22/h4-13,16-18H,14-15H2,1-3H3,(H,30,33). The van der Waals surface area contributed by atoms with Gasteiger partial charge < -0.3 is 9.42 Å². The van der Waals surface area contributed by atoms with Crippen LogP contribution in [-0.4, -0.2) is 43.0 Å². The van der Waals surface area contributed by atoms with Crippen LogP contribution >= 0.6 is 0 Å². The summed E-state index contributed by atoms with van der Waals surface area (Å²) < 4.78 is 32.4. The normalized spacial score (nSPS) is 11.4. The molecule has 11 nitrogen and oxygen atoms in total. The predicted octanol–water partition coefficient (Wildman–Crippen LogP) is 4.91. The zero-order valence-electron chi connectivity index (χ0n) is 21.6. The molecule has 0 spiro atoms. The van der Waals surface area contributed by atoms with Crippen molar-refractivity contribution < 1.29 is 22.7 Å². The van der Waals surface area contributed by atoms with Gasteiger partial charge in [-0.25, -0.2) is 13.1 Å². The molecule has 1 heterocycles. The maximum atomic E-state index is 12.7. The summed E-state index contributed by atoms with van der Waals surface area (Å²) in [5.74, 6) is -0.174. The summed E-state index contributed by atoms with van der Waals surface area (Å²) in [6.07, 6.45) is 0.888. The van der Waals surface area contributed by atoms with Crippen LogP contribution in [0.3, 0.4) is 0 Å². The lowest BCUT2D eigenvalue weighted by molar-refractivity contribution is -0.384. The lowest BCUT2D eigenvalue weighted by Gasteiger charge is -2.20. The van der Waals surface area contributed by atoms with E-state index in [0.717, 1.165) is 6.42 Å². The fourth-order valence-electron chi connectivity index (χ4n) is 3.79. The SMILES string of the molecule is CC(C)CCN(C)c1ccc(-c2noc(-c3cccc(C(=O)NS(=O)(=O)c4ccccc4)c3)n2)cc1[N+](=O)[O-]. The molecule has 0 atom stereocenters. The Kier molecular flexibility index (Phi) is 8.05. The molecule has 1 N–H and O–H groups in total. The average molecular weight is 550 g/mol. The fraction of sp³-hybridized carbons (Fsp3) is 0.222. The van der Waals surface area contributed by atoms with E-state index in [0.29, 0.717) is 29.3 Å². The van der Waals surface area contributed by atoms with E-state index in [9.17, 15) is 23.3 Å². The Balaban J connectivity index is 1.56. The van der Waals surface area contributed by atoms with Crippen molar-refractivity contribution in [3.8, 4) is 22.8 Å². The lowest BCUT2D eigenvalue weighted by atomic mass is 10.1. The Labute approximate surface area is 225 Å². The Hall–Kier alpha value is -4.58. The number of hydrogen-bond acceptors (Lipinski definition) is 9. The van der Waals surface area contributed by atoms with Crippen molar-refractivity contribution in [3.63, 3.8) is 0 Å². The lowest BCUT2D eigenvalue weighted by Crippen LogP contribution is -2.30. The molecule has 0 aliphatic carbocycles. The molecule has 1 aromatic heterocycles. The molecule has 202 valence electrons. The van der Waals surface area contributed by atoms with E-state index in [4.69, 9.17) is 4.52 Å². The molecule has 39 heavy (non-hydrogen) atoms. The van der Waals surface area contributed by atoms with E-state index in [1.807, 2.05) is 16.7 Å². The largest absolute Gasteiger partial charge is 0.369 e. The number of rotatable bonds is 10. The molecular formula is C27H27N5O6S. The fourth-order valence-corrected chi connectivity index (χ4v) is 4.79. The van der Waals surface area contributed by atoms with Gasteiger partial charge in [-0.3, -0.25) is 14.9 Å². The van der Waals surface area contributed by atoms with E-state index in [1.54, 1.807) is 42.5 Å². The molecule has 0 bridgehead atoms. The zero-order valence-corrected chi connectivity index (χ0v) is 22.4. The number of carbonyl (C=O) groups is 1. The number of nitrogens with one attached hydrogen (secondary N) is 1. The summed E-state index contributed by atoms with van der Waals surface area (Å²) in [6, 6.07) is 18.3. The molecule has 0 saturated carbocycles. The number of nitrogens with zero attached hydrogens (tertiary/aromatic N) is 4. The van der Waals surface area contributed by atoms with Crippen LogP contribution in [0.15, 0.2) is 82.2 Å². The van der Waals surface area contributed by atoms with Crippen molar-refractivity contribution >= 4 is 27.3 Å². The summed E-state index contributed by atoms with van der Waals surface area (Å²) >= 11 is 0. The van der Waals surface area contributed by atoms with Gasteiger partial charge in [0, 0.05) is 36.3 Å². The second-order valence-electron chi connectivity index (χ2n) is 9.32. The van der Waals surface area contributed by atoms with Crippen LogP contribution in [0.25, 0.3) is 22.8 Å². The summed E-state index contributed by atoms with van der Waals surface area (Å²) in [5.41, 5.74) is 1.23. The van der Waals surface area contributed by atoms with Crippen LogP contribution in [0.2, 0.25) is 0 Å². The van der Waals surface area contributed by atoms with Gasteiger partial charge in [-0.15, -0.1) is 0 Å². The molecule has 0 aliphatic heterocycles. The molecule has 12 heteroatoms. The zero-order chi connectivity index (χ0) is 28.2. The van der Waals surface area contributed by atoms with Crippen LogP contribution in [-0.2, 0) is 10.0 Å². The van der Waals surface area contributed by atoms with Gasteiger partial charge in [0.25, 0.3) is 27.5 Å². The first-order valence-corrected chi connectivity index (χ1v) is 13.6. The second-order valence-corrected chi connectivity index (χ2v) is 11.0. The van der Waals surface area contributed by atoms with E-state index in [-0.39, 0.29) is 27.9 Å². The topological polar surface area (TPSA) is 149 Å². The number of anilines is 1. The molecule has 0 radical (unpaired) electrons. The number of nitro groups is 1. The molecule has 0 aliphatic rings. The van der Waals surface area contributed by atoms with Crippen LogP contribution in [0.4, 0.5) is 11.4 Å². The highest BCUT2D eigenvalue weighted by Gasteiger charge is 2.22. The molecule has 4 rings (SSSR count). The molecule has 4 aromatic rings. The Morgan fingerprint density at radius 2 is 1.79 bits per heavy atom. The summed E-state index contributed by atoms with van der Waals surface area (Å²) in [7, 11) is -2.24.